The molecule has 0 aromatic carbocycles. The molecule has 0 saturated carbocycles. The molecule has 1 saturated heterocycles. The van der Waals surface area contributed by atoms with Gasteiger partial charge in [0.25, 0.3) is 0 Å². The van der Waals surface area contributed by atoms with Crippen molar-refractivity contribution in [3.05, 3.63) is 43.4 Å². The van der Waals surface area contributed by atoms with Crippen molar-refractivity contribution in [2.24, 2.45) is 0 Å². The van der Waals surface area contributed by atoms with Gasteiger partial charge < -0.3 is 0 Å². The Labute approximate surface area is 169 Å². The molecule has 0 aromatic rings. The summed E-state index contributed by atoms with van der Waals surface area (Å²) in [6, 6.07) is 0. The van der Waals surface area contributed by atoms with Crippen LogP contribution < -0.4 is 53.0 Å². The number of carbonyl (C=O) groups is 2. The molecule has 138 valence electrons. The summed E-state index contributed by atoms with van der Waals surface area (Å²) in [5.74, 6) is 0.0999. The molecule has 0 radical (unpaired) electrons. The summed E-state index contributed by atoms with van der Waals surface area (Å²) in [4.78, 5) is 29.0. The van der Waals surface area contributed by atoms with Crippen LogP contribution in [0.4, 0.5) is 0 Å². The Bertz CT molecular complexity index is 662. The van der Waals surface area contributed by atoms with E-state index in [2.05, 4.69) is 18.8 Å². The molecule has 0 bridgehead atoms. The van der Waals surface area contributed by atoms with Gasteiger partial charge in [-0.15, -0.1) is 0 Å². The molecule has 0 atom stereocenters. The van der Waals surface area contributed by atoms with Crippen molar-refractivity contribution in [1.29, 1.82) is 0 Å². The van der Waals surface area contributed by atoms with Gasteiger partial charge in [0.05, 0.1) is 0 Å². The molecule has 3 aliphatic heterocycles. The summed E-state index contributed by atoms with van der Waals surface area (Å²) in [5, 5.41) is 6.46. The maximum absolute atomic E-state index is 12.7. The van der Waals surface area contributed by atoms with E-state index in [4.69, 9.17) is 0 Å². The number of hydrogen-bond acceptors (Lipinski definition) is 4. The third kappa shape index (κ3) is 4.99. The third-order valence-corrected chi connectivity index (χ3v) is 8.02. The number of rotatable bonds is 2. The molecule has 0 aromatic heterocycles. The Kier molecular flexibility index (Phi) is 6.79. The zero-order valence-corrected chi connectivity index (χ0v) is 18.4. The van der Waals surface area contributed by atoms with Gasteiger partial charge in [-0.05, 0) is 0 Å². The van der Waals surface area contributed by atoms with Crippen LogP contribution in [0.25, 0.3) is 0 Å². The van der Waals surface area contributed by atoms with Crippen LogP contribution >= 0.6 is 0 Å². The summed E-state index contributed by atoms with van der Waals surface area (Å²) < 4.78 is 6.23. The van der Waals surface area contributed by atoms with E-state index in [-0.39, 0.29) is 54.2 Å². The zero-order chi connectivity index (χ0) is 17.6. The van der Waals surface area contributed by atoms with Crippen LogP contribution in [0.5, 0.6) is 0 Å². The molecular weight excluding hydrogens is 546 g/mol. The van der Waals surface area contributed by atoms with E-state index < -0.39 is 0 Å². The fraction of sp³-hybridized carbons (Fsp3) is 0.412. The number of halogens is 2. The van der Waals surface area contributed by atoms with Gasteiger partial charge in [-0.25, -0.2) is 0 Å². The second kappa shape index (κ2) is 9.06. The first-order valence-electron chi connectivity index (χ1n) is 8.11. The van der Waals surface area contributed by atoms with Crippen LogP contribution in [0.15, 0.2) is 43.4 Å². The summed E-state index contributed by atoms with van der Waals surface area (Å²) in [6.07, 6.45) is 5.70. The normalized spacial score (nSPS) is 21.7. The Morgan fingerprint density at radius 3 is 2.52 bits per heavy atom. The van der Waals surface area contributed by atoms with Gasteiger partial charge in [0.1, 0.15) is 0 Å². The molecule has 25 heavy (non-hydrogen) atoms. The second-order valence-electron chi connectivity index (χ2n) is 5.84. The van der Waals surface area contributed by atoms with Crippen molar-refractivity contribution in [1.82, 2.24) is 20.4 Å². The second-order valence-corrected chi connectivity index (χ2v) is 10.5. The van der Waals surface area contributed by atoms with Crippen molar-refractivity contribution in [3.8, 4) is 0 Å². The first kappa shape index (κ1) is 18.7. The van der Waals surface area contributed by atoms with E-state index in [0.29, 0.717) is 31.9 Å². The predicted octanol–water partition coefficient (Wildman–Crippen LogP) is -5.86. The topological polar surface area (TPSA) is 64.7 Å². The Balaban J connectivity index is 1.58. The number of hydrogen-bond donors (Lipinski definition) is 2. The van der Waals surface area contributed by atoms with Crippen LogP contribution in [0.2, 0.25) is 0 Å². The quantitative estimate of drug-likeness (QED) is 0.198. The number of amides is 2. The summed E-state index contributed by atoms with van der Waals surface area (Å²) in [6.45, 7) is 4.37. The maximum atomic E-state index is 12.7. The van der Waals surface area contributed by atoms with E-state index in [1.165, 1.54) is 0 Å². The van der Waals surface area contributed by atoms with Crippen molar-refractivity contribution in [2.45, 2.75) is 6.92 Å². The summed E-state index contributed by atoms with van der Waals surface area (Å²) in [7, 11) is 0. The number of piperazine rings is 1. The van der Waals surface area contributed by atoms with E-state index in [0.717, 1.165) is 20.2 Å². The third-order valence-electron chi connectivity index (χ3n) is 4.03. The molecular formula is C17H22I2N4O2-2. The number of nitrogens with zero attached hydrogens (tertiary/aromatic N) is 2. The van der Waals surface area contributed by atoms with Gasteiger partial charge in [0.2, 0.25) is 0 Å². The van der Waals surface area contributed by atoms with Crippen molar-refractivity contribution in [2.75, 3.05) is 35.3 Å². The standard InChI is InChI=1S/C17H22I2N4O2/c1-13-8-15(21-12-19-9-13)17(25)23-6-4-22(5-7-23)16(24)14-2-3-18-11-20-10-14/h2-3,8-10,20-21H,4-7,11-12H2,1H3/q-2. The van der Waals surface area contributed by atoms with Crippen molar-refractivity contribution < 1.29 is 52.0 Å². The molecule has 0 spiro atoms. The van der Waals surface area contributed by atoms with Gasteiger partial charge in [-0.2, -0.15) is 0 Å². The predicted molar refractivity (Wildman–Crippen MR) is 88.2 cm³/mol. The van der Waals surface area contributed by atoms with Gasteiger partial charge in [-0.3, -0.25) is 0 Å². The summed E-state index contributed by atoms with van der Waals surface area (Å²) >= 11 is -0.0134. The van der Waals surface area contributed by atoms with E-state index in [1.54, 1.807) is 0 Å². The molecule has 0 aliphatic carbocycles. The van der Waals surface area contributed by atoms with Crippen LogP contribution in [0.1, 0.15) is 6.92 Å². The molecule has 3 heterocycles. The fourth-order valence-corrected chi connectivity index (χ4v) is 5.81. The number of allylic oxidation sites excluding steroid dienone is 2. The number of carbonyl (C=O) groups excluding carboxylic acids is 2. The van der Waals surface area contributed by atoms with Crippen LogP contribution in [0, 0.1) is 0 Å². The van der Waals surface area contributed by atoms with Crippen molar-refractivity contribution >= 4 is 11.8 Å². The Morgan fingerprint density at radius 2 is 1.76 bits per heavy atom. The molecule has 3 rings (SSSR count). The molecule has 1 fully saturated rings. The molecule has 3 aliphatic rings. The average Bonchev–Trinajstić information content (AvgIpc) is 3.03. The van der Waals surface area contributed by atoms with Crippen LogP contribution in [0.3, 0.4) is 0 Å². The molecule has 2 amide bonds. The number of nitrogens with one attached hydrogen (secondary N) is 2. The van der Waals surface area contributed by atoms with E-state index in [9.17, 15) is 9.59 Å². The van der Waals surface area contributed by atoms with Gasteiger partial charge in [0.15, 0.2) is 0 Å². The zero-order valence-electron chi connectivity index (χ0n) is 14.1. The molecule has 2 N–H and O–H groups in total. The van der Waals surface area contributed by atoms with Gasteiger partial charge >= 0.3 is 170 Å². The molecule has 8 heteroatoms. The SMILES string of the molecule is CC1=C[I-]CNC(C(=O)N2CCN(C(=O)C3=CNC[I-]C=C3)CC2)=C1. The van der Waals surface area contributed by atoms with Gasteiger partial charge in [0, 0.05) is 0 Å². The summed E-state index contributed by atoms with van der Waals surface area (Å²) in [5.41, 5.74) is 2.57. The van der Waals surface area contributed by atoms with E-state index >= 15 is 0 Å². The first-order chi connectivity index (χ1) is 12.1. The first-order valence-corrected chi connectivity index (χ1v) is 13.7. The van der Waals surface area contributed by atoms with Crippen LogP contribution in [-0.2, 0) is 9.59 Å². The van der Waals surface area contributed by atoms with Gasteiger partial charge in [-0.1, -0.05) is 0 Å². The molecule has 0 unspecified atom stereocenters. The fourth-order valence-electron chi connectivity index (χ4n) is 2.72. The molecule has 6 nitrogen and oxygen atoms in total. The Hall–Kier alpha value is -1.04. The van der Waals surface area contributed by atoms with Crippen molar-refractivity contribution in [3.63, 3.8) is 0 Å². The minimum atomic E-state index is -0.0161. The minimum absolute atomic E-state index is 0.00271. The number of alkyl halides is 2. The van der Waals surface area contributed by atoms with E-state index in [1.807, 2.05) is 35.1 Å². The average molecular weight is 568 g/mol. The monoisotopic (exact) mass is 568 g/mol. The van der Waals surface area contributed by atoms with Crippen LogP contribution in [-0.4, -0.2) is 56.9 Å². The Morgan fingerprint density at radius 1 is 1.04 bits per heavy atom.